The SMILES string of the molecule is CC(=O)OC(OC(C)=O)[C@@]12C=C[C@@H](O1)[C@H]1C(=O)N(c3ccccc3I)C(=O)[C@H]12. The predicted octanol–water partition coefficient (Wildman–Crippen LogP) is 1.56. The van der Waals surface area contributed by atoms with E-state index in [2.05, 4.69) is 22.6 Å². The van der Waals surface area contributed by atoms with Gasteiger partial charge in [-0.15, -0.1) is 0 Å². The molecule has 8 nitrogen and oxygen atoms in total. The molecular weight excluding hydrogens is 481 g/mol. The Morgan fingerprint density at radius 2 is 1.79 bits per heavy atom. The number of para-hydroxylation sites is 1. The molecule has 1 aromatic carbocycles. The van der Waals surface area contributed by atoms with E-state index >= 15 is 0 Å². The predicted molar refractivity (Wildman–Crippen MR) is 103 cm³/mol. The van der Waals surface area contributed by atoms with Gasteiger partial charge >= 0.3 is 11.9 Å². The molecule has 28 heavy (non-hydrogen) atoms. The summed E-state index contributed by atoms with van der Waals surface area (Å²) in [5.74, 6) is -4.00. The molecule has 0 radical (unpaired) electrons. The molecule has 2 fully saturated rings. The standard InChI is InChI=1S/C19H16INO7/c1-9(22)26-18(27-10(2)23)19-8-7-13(28-19)14-15(19)17(25)21(16(14)24)12-6-4-3-5-11(12)20/h3-8,13-15,18H,1-2H3/t13-,14-,15+,19+/m1/s1. The van der Waals surface area contributed by atoms with Gasteiger partial charge in [-0.25, -0.2) is 4.90 Å². The quantitative estimate of drug-likeness (QED) is 0.205. The third kappa shape index (κ3) is 2.67. The summed E-state index contributed by atoms with van der Waals surface area (Å²) in [5, 5.41) is 0. The van der Waals surface area contributed by atoms with Crippen LogP contribution < -0.4 is 4.90 Å². The molecule has 1 aromatic rings. The van der Waals surface area contributed by atoms with Crippen molar-refractivity contribution in [3.05, 3.63) is 40.0 Å². The summed E-state index contributed by atoms with van der Waals surface area (Å²) in [6, 6.07) is 7.04. The van der Waals surface area contributed by atoms with E-state index < -0.39 is 47.7 Å². The number of carbonyl (C=O) groups is 4. The number of ether oxygens (including phenoxy) is 3. The zero-order valence-electron chi connectivity index (χ0n) is 15.0. The number of hydrogen-bond donors (Lipinski definition) is 0. The summed E-state index contributed by atoms with van der Waals surface area (Å²) in [7, 11) is 0. The number of rotatable bonds is 4. The van der Waals surface area contributed by atoms with Crippen LogP contribution in [0.5, 0.6) is 0 Å². The average Bonchev–Trinajstić information content (AvgIpc) is 3.26. The van der Waals surface area contributed by atoms with Gasteiger partial charge in [-0.3, -0.25) is 19.2 Å². The molecule has 3 aliphatic rings. The van der Waals surface area contributed by atoms with Crippen molar-refractivity contribution >= 4 is 52.0 Å². The first-order valence-corrected chi connectivity index (χ1v) is 9.68. The van der Waals surface area contributed by atoms with E-state index in [9.17, 15) is 19.2 Å². The largest absolute Gasteiger partial charge is 0.422 e. The first-order chi connectivity index (χ1) is 13.3. The number of amides is 2. The van der Waals surface area contributed by atoms with E-state index in [4.69, 9.17) is 14.2 Å². The van der Waals surface area contributed by atoms with Gasteiger partial charge in [0.2, 0.25) is 11.8 Å². The van der Waals surface area contributed by atoms with Crippen LogP contribution in [0.1, 0.15) is 13.8 Å². The second-order valence-electron chi connectivity index (χ2n) is 6.81. The van der Waals surface area contributed by atoms with Gasteiger partial charge in [-0.2, -0.15) is 0 Å². The lowest BCUT2D eigenvalue weighted by molar-refractivity contribution is -0.226. The highest BCUT2D eigenvalue weighted by Crippen LogP contribution is 2.55. The second kappa shape index (κ2) is 6.66. The van der Waals surface area contributed by atoms with E-state index in [0.717, 1.165) is 22.3 Å². The summed E-state index contributed by atoms with van der Waals surface area (Å²) >= 11 is 2.06. The zero-order chi connectivity index (χ0) is 20.2. The first kappa shape index (κ1) is 19.1. The number of anilines is 1. The van der Waals surface area contributed by atoms with Crippen LogP contribution >= 0.6 is 22.6 Å². The van der Waals surface area contributed by atoms with Gasteiger partial charge < -0.3 is 14.2 Å². The highest BCUT2D eigenvalue weighted by molar-refractivity contribution is 14.1. The molecule has 0 aromatic heterocycles. The summed E-state index contributed by atoms with van der Waals surface area (Å²) in [4.78, 5) is 50.7. The monoisotopic (exact) mass is 497 g/mol. The van der Waals surface area contributed by atoms with E-state index in [-0.39, 0.29) is 5.91 Å². The maximum Gasteiger partial charge on any atom is 0.305 e. The molecule has 3 aliphatic heterocycles. The number of imide groups is 1. The number of hydrogen-bond acceptors (Lipinski definition) is 7. The van der Waals surface area contributed by atoms with Gasteiger partial charge in [0, 0.05) is 17.4 Å². The minimum absolute atomic E-state index is 0.389. The minimum atomic E-state index is -1.53. The maximum absolute atomic E-state index is 13.3. The Morgan fingerprint density at radius 3 is 2.39 bits per heavy atom. The van der Waals surface area contributed by atoms with Crippen LogP contribution in [-0.2, 0) is 33.4 Å². The Labute approximate surface area is 173 Å². The van der Waals surface area contributed by atoms with Crippen molar-refractivity contribution in [2.75, 3.05) is 4.90 Å². The zero-order valence-corrected chi connectivity index (χ0v) is 17.1. The molecule has 3 heterocycles. The van der Waals surface area contributed by atoms with E-state index in [1.165, 1.54) is 0 Å². The van der Waals surface area contributed by atoms with Crippen molar-refractivity contribution < 1.29 is 33.4 Å². The van der Waals surface area contributed by atoms with Gasteiger partial charge in [-0.05, 0) is 40.8 Å². The van der Waals surface area contributed by atoms with Crippen LogP contribution in [0.15, 0.2) is 36.4 Å². The highest BCUT2D eigenvalue weighted by Gasteiger charge is 2.72. The van der Waals surface area contributed by atoms with Crippen molar-refractivity contribution in [3.8, 4) is 0 Å². The van der Waals surface area contributed by atoms with E-state index in [1.54, 1.807) is 30.4 Å². The molecule has 0 aliphatic carbocycles. The third-order valence-corrected chi connectivity index (χ3v) is 6.00. The van der Waals surface area contributed by atoms with Crippen LogP contribution in [-0.4, -0.2) is 41.7 Å². The second-order valence-corrected chi connectivity index (χ2v) is 7.97. The Kier molecular flexibility index (Phi) is 4.53. The Morgan fingerprint density at radius 1 is 1.14 bits per heavy atom. The van der Waals surface area contributed by atoms with Crippen LogP contribution in [0.25, 0.3) is 0 Å². The third-order valence-electron chi connectivity index (χ3n) is 5.09. The maximum atomic E-state index is 13.3. The summed E-state index contributed by atoms with van der Waals surface area (Å²) in [6.07, 6.45) is 1.07. The van der Waals surface area contributed by atoms with Crippen molar-refractivity contribution in [2.45, 2.75) is 31.8 Å². The van der Waals surface area contributed by atoms with E-state index in [1.807, 2.05) is 6.07 Å². The van der Waals surface area contributed by atoms with Gasteiger partial charge in [0.15, 0.2) is 5.60 Å². The molecule has 0 unspecified atom stereocenters. The van der Waals surface area contributed by atoms with Crippen molar-refractivity contribution in [1.82, 2.24) is 0 Å². The number of esters is 2. The number of nitrogens with zero attached hydrogens (tertiary/aromatic N) is 1. The van der Waals surface area contributed by atoms with Gasteiger partial charge in [0.1, 0.15) is 0 Å². The molecular formula is C19H16INO7. The molecule has 0 saturated carbocycles. The molecule has 4 rings (SSSR count). The number of halogens is 1. The lowest BCUT2D eigenvalue weighted by atomic mass is 9.76. The smallest absolute Gasteiger partial charge is 0.305 e. The molecule has 9 heteroatoms. The summed E-state index contributed by atoms with van der Waals surface area (Å²) in [5.41, 5.74) is -1.05. The van der Waals surface area contributed by atoms with Gasteiger partial charge in [-0.1, -0.05) is 18.2 Å². The van der Waals surface area contributed by atoms with Gasteiger partial charge in [0.25, 0.3) is 6.29 Å². The molecule has 0 N–H and O–H groups in total. The number of benzene rings is 1. The molecule has 2 amide bonds. The summed E-state index contributed by atoms with van der Waals surface area (Å²) < 4.78 is 17.0. The molecule has 4 atom stereocenters. The highest BCUT2D eigenvalue weighted by atomic mass is 127. The topological polar surface area (TPSA) is 99.2 Å². The van der Waals surface area contributed by atoms with Crippen LogP contribution in [0, 0.1) is 15.4 Å². The average molecular weight is 497 g/mol. The fourth-order valence-corrected chi connectivity index (χ4v) is 4.72. The first-order valence-electron chi connectivity index (χ1n) is 8.60. The molecule has 2 bridgehead atoms. The van der Waals surface area contributed by atoms with Crippen LogP contribution in [0.3, 0.4) is 0 Å². The van der Waals surface area contributed by atoms with Crippen molar-refractivity contribution in [2.24, 2.45) is 11.8 Å². The van der Waals surface area contributed by atoms with E-state index in [0.29, 0.717) is 5.69 Å². The van der Waals surface area contributed by atoms with Crippen molar-refractivity contribution in [3.63, 3.8) is 0 Å². The number of fused-ring (bicyclic) bond motifs is 5. The Balaban J connectivity index is 1.77. The Bertz CT molecular complexity index is 913. The fraction of sp³-hybridized carbons (Fsp3) is 0.368. The van der Waals surface area contributed by atoms with Crippen LogP contribution in [0.2, 0.25) is 0 Å². The van der Waals surface area contributed by atoms with Gasteiger partial charge in [0.05, 0.1) is 23.6 Å². The lowest BCUT2D eigenvalue weighted by Crippen LogP contribution is -2.52. The lowest BCUT2D eigenvalue weighted by Gasteiger charge is -2.34. The normalized spacial score (nSPS) is 30.1. The summed E-state index contributed by atoms with van der Waals surface area (Å²) in [6.45, 7) is 2.33. The van der Waals surface area contributed by atoms with Crippen molar-refractivity contribution in [1.29, 1.82) is 0 Å². The molecule has 2 saturated heterocycles. The fourth-order valence-electron chi connectivity index (χ4n) is 4.09. The number of carbonyl (C=O) groups excluding carboxylic acids is 4. The van der Waals surface area contributed by atoms with Crippen LogP contribution in [0.4, 0.5) is 5.69 Å². The molecule has 0 spiro atoms. The Hall–Kier alpha value is -2.27. The molecule has 146 valence electrons. The minimum Gasteiger partial charge on any atom is -0.422 e.